The second kappa shape index (κ2) is 8.40. The monoisotopic (exact) mass is 554 g/mol. The van der Waals surface area contributed by atoms with E-state index in [9.17, 15) is 4.79 Å². The van der Waals surface area contributed by atoms with Crippen LogP contribution in [0, 0.1) is 57.7 Å². The number of ether oxygens (including phenoxy) is 1. The van der Waals surface area contributed by atoms with Crippen LogP contribution in [0.3, 0.4) is 0 Å². The Morgan fingerprint density at radius 2 is 1.81 bits per heavy atom. The van der Waals surface area contributed by atoms with Crippen molar-refractivity contribution in [2.75, 3.05) is 4.43 Å². The lowest BCUT2D eigenvalue weighted by Crippen LogP contribution is -2.57. The molecular formula is C29H47IO2. The number of carbonyl (C=O) groups is 1. The standard InChI is InChI=1S/C29H47IO2/c1-18(2)7-6-8-19(3)22-9-10-23-21-15-25(32-26(31)17-30)29-16-20(29)11-14-28(29,5)24(21)12-13-27(22,23)4/h18-25H,6-17H2,1-5H3/t19-,20-,21+,22-,23+,24+,25-,27-,28-,29+/m1/s1. The Bertz CT molecular complexity index is 735. The molecule has 2 nitrogen and oxygen atoms in total. The van der Waals surface area contributed by atoms with Crippen LogP contribution in [0.2, 0.25) is 0 Å². The van der Waals surface area contributed by atoms with Gasteiger partial charge in [0.2, 0.25) is 0 Å². The molecule has 0 aromatic rings. The van der Waals surface area contributed by atoms with Crippen LogP contribution in [0.1, 0.15) is 105 Å². The van der Waals surface area contributed by atoms with Crippen LogP contribution in [0.4, 0.5) is 0 Å². The molecule has 0 aromatic carbocycles. The van der Waals surface area contributed by atoms with Gasteiger partial charge in [0, 0.05) is 5.41 Å². The fourth-order valence-corrected chi connectivity index (χ4v) is 10.8. The maximum atomic E-state index is 12.4. The highest BCUT2D eigenvalue weighted by atomic mass is 127. The zero-order valence-corrected chi connectivity index (χ0v) is 23.5. The van der Waals surface area contributed by atoms with Gasteiger partial charge in [-0.3, -0.25) is 4.79 Å². The average Bonchev–Trinajstić information content (AvgIpc) is 3.26. The van der Waals surface area contributed by atoms with Gasteiger partial charge in [-0.2, -0.15) is 0 Å². The predicted octanol–water partition coefficient (Wildman–Crippen LogP) is 8.06. The Kier molecular flexibility index (Phi) is 6.28. The number of hydrogen-bond donors (Lipinski definition) is 0. The van der Waals surface area contributed by atoms with Crippen molar-refractivity contribution in [2.24, 2.45) is 57.7 Å². The van der Waals surface area contributed by atoms with Gasteiger partial charge in [-0.05, 0) is 104 Å². The van der Waals surface area contributed by atoms with E-state index in [0.29, 0.717) is 20.7 Å². The van der Waals surface area contributed by atoms with Crippen LogP contribution in [0.15, 0.2) is 0 Å². The highest BCUT2D eigenvalue weighted by molar-refractivity contribution is 14.1. The van der Waals surface area contributed by atoms with Gasteiger partial charge in [0.05, 0.1) is 4.43 Å². The molecule has 5 aliphatic rings. The second-order valence-corrected chi connectivity index (χ2v) is 14.4. The van der Waals surface area contributed by atoms with Gasteiger partial charge in [0.15, 0.2) is 0 Å². The molecule has 5 rings (SSSR count). The SMILES string of the molecule is CC(C)CCC[C@@H](C)[C@H]1CC[C@H]2[C@@H]3C[C@@H](OC(=O)CI)[C@]45C[C@H]4CC[C@]5(C)[C@H]3CC[C@]12C. The summed E-state index contributed by atoms with van der Waals surface area (Å²) in [4.78, 5) is 12.4. The zero-order valence-electron chi connectivity index (χ0n) is 21.3. The molecule has 10 atom stereocenters. The number of rotatable bonds is 7. The van der Waals surface area contributed by atoms with E-state index in [2.05, 4.69) is 57.2 Å². The molecule has 3 heteroatoms. The zero-order chi connectivity index (χ0) is 22.9. The lowest BCUT2D eigenvalue weighted by Gasteiger charge is -2.60. The number of alkyl halides is 1. The molecule has 0 aromatic heterocycles. The van der Waals surface area contributed by atoms with Crippen LogP contribution < -0.4 is 0 Å². The van der Waals surface area contributed by atoms with E-state index in [0.717, 1.165) is 41.4 Å². The highest BCUT2D eigenvalue weighted by Crippen LogP contribution is 2.82. The normalized spacial score (nSPS) is 49.7. The van der Waals surface area contributed by atoms with Crippen molar-refractivity contribution in [3.05, 3.63) is 0 Å². The molecule has 0 heterocycles. The fraction of sp³-hybridized carbons (Fsp3) is 0.966. The minimum absolute atomic E-state index is 0.0324. The van der Waals surface area contributed by atoms with E-state index in [1.54, 1.807) is 0 Å². The fourth-order valence-electron chi connectivity index (χ4n) is 10.6. The van der Waals surface area contributed by atoms with E-state index >= 15 is 0 Å². The molecule has 182 valence electrons. The first-order valence-electron chi connectivity index (χ1n) is 13.9. The molecule has 5 fully saturated rings. The van der Waals surface area contributed by atoms with Gasteiger partial charge in [0.25, 0.3) is 0 Å². The van der Waals surface area contributed by atoms with Gasteiger partial charge in [0.1, 0.15) is 6.10 Å². The summed E-state index contributed by atoms with van der Waals surface area (Å²) in [5.74, 6) is 5.97. The number of carbonyl (C=O) groups excluding carboxylic acids is 1. The average molecular weight is 555 g/mol. The summed E-state index contributed by atoms with van der Waals surface area (Å²) in [7, 11) is 0. The molecule has 5 aliphatic carbocycles. The minimum Gasteiger partial charge on any atom is -0.461 e. The molecule has 0 amide bonds. The molecule has 0 radical (unpaired) electrons. The highest BCUT2D eigenvalue weighted by Gasteiger charge is 2.78. The molecule has 0 aliphatic heterocycles. The summed E-state index contributed by atoms with van der Waals surface area (Å²) in [5.41, 5.74) is 1.27. The Hall–Kier alpha value is 0.200. The largest absolute Gasteiger partial charge is 0.461 e. The van der Waals surface area contributed by atoms with Crippen LogP contribution in [0.25, 0.3) is 0 Å². The minimum atomic E-state index is 0.0324. The van der Waals surface area contributed by atoms with E-state index in [1.165, 1.54) is 70.6 Å². The van der Waals surface area contributed by atoms with Crippen molar-refractivity contribution in [1.29, 1.82) is 0 Å². The van der Waals surface area contributed by atoms with Crippen LogP contribution >= 0.6 is 22.6 Å². The first kappa shape index (κ1) is 23.9. The van der Waals surface area contributed by atoms with Gasteiger partial charge >= 0.3 is 5.97 Å². The van der Waals surface area contributed by atoms with E-state index in [-0.39, 0.29) is 12.1 Å². The Morgan fingerprint density at radius 1 is 1.03 bits per heavy atom. The van der Waals surface area contributed by atoms with Gasteiger partial charge in [-0.15, -0.1) is 0 Å². The van der Waals surface area contributed by atoms with Crippen molar-refractivity contribution in [2.45, 2.75) is 111 Å². The lowest BCUT2D eigenvalue weighted by atomic mass is 9.45. The number of hydrogen-bond acceptors (Lipinski definition) is 2. The van der Waals surface area contributed by atoms with Crippen molar-refractivity contribution >= 4 is 28.6 Å². The van der Waals surface area contributed by atoms with Crippen LogP contribution in [-0.2, 0) is 9.53 Å². The van der Waals surface area contributed by atoms with Crippen molar-refractivity contribution in [3.8, 4) is 0 Å². The third-order valence-corrected chi connectivity index (χ3v) is 12.8. The molecule has 0 unspecified atom stereocenters. The Morgan fingerprint density at radius 3 is 2.50 bits per heavy atom. The number of fused-ring (bicyclic) bond motifs is 4. The quantitative estimate of drug-likeness (QED) is 0.181. The topological polar surface area (TPSA) is 26.3 Å². The molecule has 5 saturated carbocycles. The van der Waals surface area contributed by atoms with Crippen molar-refractivity contribution in [3.63, 3.8) is 0 Å². The maximum Gasteiger partial charge on any atom is 0.316 e. The van der Waals surface area contributed by atoms with Gasteiger partial charge in [-0.1, -0.05) is 76.5 Å². The summed E-state index contributed by atoms with van der Waals surface area (Å²) in [6, 6.07) is 0. The molecule has 1 spiro atoms. The molecule has 0 N–H and O–H groups in total. The van der Waals surface area contributed by atoms with Crippen LogP contribution in [0.5, 0.6) is 0 Å². The molecule has 32 heavy (non-hydrogen) atoms. The summed E-state index contributed by atoms with van der Waals surface area (Å²) < 4.78 is 6.80. The molecule has 0 saturated heterocycles. The smallest absolute Gasteiger partial charge is 0.316 e. The summed E-state index contributed by atoms with van der Waals surface area (Å²) in [6.07, 6.45) is 15.4. The second-order valence-electron chi connectivity index (χ2n) is 13.7. The summed E-state index contributed by atoms with van der Waals surface area (Å²) >= 11 is 2.19. The van der Waals surface area contributed by atoms with Crippen molar-refractivity contribution in [1.82, 2.24) is 0 Å². The summed E-state index contributed by atoms with van der Waals surface area (Å²) in [6.45, 7) is 12.6. The third-order valence-electron chi connectivity index (χ3n) is 12.1. The maximum absolute atomic E-state index is 12.4. The van der Waals surface area contributed by atoms with Gasteiger partial charge < -0.3 is 4.74 Å². The van der Waals surface area contributed by atoms with E-state index in [4.69, 9.17) is 4.74 Å². The van der Waals surface area contributed by atoms with Gasteiger partial charge in [-0.25, -0.2) is 0 Å². The molecule has 0 bridgehead atoms. The Balaban J connectivity index is 1.37. The van der Waals surface area contributed by atoms with E-state index < -0.39 is 0 Å². The Labute approximate surface area is 210 Å². The first-order chi connectivity index (χ1) is 15.2. The third kappa shape index (κ3) is 3.39. The summed E-state index contributed by atoms with van der Waals surface area (Å²) in [5, 5.41) is 0. The predicted molar refractivity (Wildman–Crippen MR) is 140 cm³/mol. The van der Waals surface area contributed by atoms with Crippen LogP contribution in [-0.4, -0.2) is 16.5 Å². The lowest BCUT2D eigenvalue weighted by molar-refractivity contribution is -0.181. The van der Waals surface area contributed by atoms with E-state index in [1.807, 2.05) is 0 Å². The number of halogens is 1. The first-order valence-corrected chi connectivity index (χ1v) is 15.5. The number of esters is 1. The van der Waals surface area contributed by atoms with Crippen molar-refractivity contribution < 1.29 is 9.53 Å². The molecular weight excluding hydrogens is 507 g/mol.